The van der Waals surface area contributed by atoms with Crippen molar-refractivity contribution in [2.75, 3.05) is 0 Å². The Kier molecular flexibility index (Phi) is 3.29. The lowest BCUT2D eigenvalue weighted by Gasteiger charge is -2.08. The Morgan fingerprint density at radius 3 is 2.21 bits per heavy atom. The molecule has 0 saturated heterocycles. The topological polar surface area (TPSA) is 25.8 Å². The van der Waals surface area contributed by atoms with E-state index in [0.29, 0.717) is 11.8 Å². The molecular formula is C15H12Cl2N2. The van der Waals surface area contributed by atoms with Crippen molar-refractivity contribution in [3.8, 4) is 0 Å². The molecule has 2 aromatic heterocycles. The van der Waals surface area contributed by atoms with Gasteiger partial charge in [-0.25, -0.2) is 9.97 Å². The smallest absolute Gasteiger partial charge is 0.0971 e. The molecule has 3 rings (SSSR count). The second-order valence-corrected chi connectivity index (χ2v) is 5.07. The molecule has 0 radical (unpaired) electrons. The van der Waals surface area contributed by atoms with Gasteiger partial charge in [-0.3, -0.25) is 0 Å². The molecule has 2 heterocycles. The Balaban J connectivity index is 2.46. The number of fused-ring (bicyclic) bond motifs is 3. The van der Waals surface area contributed by atoms with Crippen LogP contribution in [0.3, 0.4) is 0 Å². The summed E-state index contributed by atoms with van der Waals surface area (Å²) in [5.41, 5.74) is 4.71. The van der Waals surface area contributed by atoms with E-state index < -0.39 is 0 Å². The summed E-state index contributed by atoms with van der Waals surface area (Å²) in [6.07, 6.45) is 0. The van der Waals surface area contributed by atoms with Crippen LogP contribution in [0.25, 0.3) is 21.8 Å². The molecule has 96 valence electrons. The highest BCUT2D eigenvalue weighted by Gasteiger charge is 2.08. The van der Waals surface area contributed by atoms with Crippen LogP contribution < -0.4 is 0 Å². The quantitative estimate of drug-likeness (QED) is 0.510. The van der Waals surface area contributed by atoms with E-state index in [9.17, 15) is 0 Å². The van der Waals surface area contributed by atoms with Crippen molar-refractivity contribution in [1.82, 2.24) is 9.97 Å². The molecule has 1 aromatic carbocycles. The fourth-order valence-corrected chi connectivity index (χ4v) is 2.57. The second-order valence-electron chi connectivity index (χ2n) is 4.53. The summed E-state index contributed by atoms with van der Waals surface area (Å²) in [5, 5.41) is 2.19. The van der Waals surface area contributed by atoms with Gasteiger partial charge in [-0.05, 0) is 30.7 Å². The van der Waals surface area contributed by atoms with Crippen molar-refractivity contribution in [2.45, 2.75) is 18.7 Å². The Hall–Kier alpha value is -1.38. The predicted molar refractivity (Wildman–Crippen MR) is 80.9 cm³/mol. The minimum Gasteiger partial charge on any atom is -0.249 e. The number of halogens is 2. The number of benzene rings is 1. The second kappa shape index (κ2) is 4.95. The van der Waals surface area contributed by atoms with Crippen molar-refractivity contribution < 1.29 is 0 Å². The van der Waals surface area contributed by atoms with Gasteiger partial charge in [0.25, 0.3) is 0 Å². The monoisotopic (exact) mass is 290 g/mol. The molecule has 2 nitrogen and oxygen atoms in total. The molecule has 0 unspecified atom stereocenters. The van der Waals surface area contributed by atoms with E-state index in [1.807, 2.05) is 18.2 Å². The first kappa shape index (κ1) is 12.6. The Labute approximate surface area is 121 Å². The molecule has 0 spiro atoms. The fraction of sp³-hybridized carbons (Fsp3) is 0.200. The van der Waals surface area contributed by atoms with Crippen LogP contribution in [-0.4, -0.2) is 9.97 Å². The van der Waals surface area contributed by atoms with E-state index in [0.717, 1.165) is 33.2 Å². The summed E-state index contributed by atoms with van der Waals surface area (Å²) < 4.78 is 0. The van der Waals surface area contributed by atoms with Crippen LogP contribution in [0, 0.1) is 6.92 Å². The highest BCUT2D eigenvalue weighted by atomic mass is 35.5. The lowest BCUT2D eigenvalue weighted by molar-refractivity contribution is 1.19. The van der Waals surface area contributed by atoms with Gasteiger partial charge in [0.1, 0.15) is 0 Å². The lowest BCUT2D eigenvalue weighted by Crippen LogP contribution is -1.94. The molecule has 0 aliphatic rings. The maximum Gasteiger partial charge on any atom is 0.0971 e. The van der Waals surface area contributed by atoms with Crippen LogP contribution in [0.4, 0.5) is 0 Å². The van der Waals surface area contributed by atoms with Crippen LogP contribution in [0.5, 0.6) is 0 Å². The largest absolute Gasteiger partial charge is 0.249 e. The van der Waals surface area contributed by atoms with Crippen LogP contribution in [0.15, 0.2) is 30.3 Å². The number of nitrogens with zero attached hydrogens (tertiary/aromatic N) is 2. The number of aryl methyl sites for hydroxylation is 1. The maximum absolute atomic E-state index is 5.87. The van der Waals surface area contributed by atoms with E-state index in [4.69, 9.17) is 23.2 Å². The fourth-order valence-electron chi connectivity index (χ4n) is 2.27. The van der Waals surface area contributed by atoms with Gasteiger partial charge in [-0.1, -0.05) is 12.1 Å². The molecule has 0 amide bonds. The third kappa shape index (κ3) is 2.15. The third-order valence-corrected chi connectivity index (χ3v) is 3.78. The van der Waals surface area contributed by atoms with Crippen LogP contribution >= 0.6 is 23.2 Å². The van der Waals surface area contributed by atoms with Crippen molar-refractivity contribution >= 4 is 45.0 Å². The van der Waals surface area contributed by atoms with Crippen molar-refractivity contribution in [3.05, 3.63) is 47.3 Å². The van der Waals surface area contributed by atoms with E-state index in [1.165, 1.54) is 5.56 Å². The van der Waals surface area contributed by atoms with Crippen molar-refractivity contribution in [3.63, 3.8) is 0 Å². The molecule has 3 aromatic rings. The summed E-state index contributed by atoms with van der Waals surface area (Å²) in [6, 6.07) is 10.1. The Bertz CT molecular complexity index is 769. The van der Waals surface area contributed by atoms with E-state index in [-0.39, 0.29) is 0 Å². The molecular weight excluding hydrogens is 279 g/mol. The first-order valence-electron chi connectivity index (χ1n) is 6.03. The van der Waals surface area contributed by atoms with Gasteiger partial charge < -0.3 is 0 Å². The highest BCUT2D eigenvalue weighted by Crippen LogP contribution is 2.27. The van der Waals surface area contributed by atoms with Crippen LogP contribution in [0.1, 0.15) is 17.0 Å². The number of hydrogen-bond acceptors (Lipinski definition) is 2. The van der Waals surface area contributed by atoms with Crippen molar-refractivity contribution in [2.24, 2.45) is 0 Å². The normalized spacial score (nSPS) is 11.3. The molecule has 0 atom stereocenters. The number of pyridine rings is 2. The van der Waals surface area contributed by atoms with Gasteiger partial charge >= 0.3 is 0 Å². The van der Waals surface area contributed by atoms with Gasteiger partial charge in [0, 0.05) is 10.8 Å². The number of alkyl halides is 2. The van der Waals surface area contributed by atoms with E-state index in [2.05, 4.69) is 29.0 Å². The highest BCUT2D eigenvalue weighted by molar-refractivity contribution is 6.17. The predicted octanol–water partition coefficient (Wildman–Crippen LogP) is 4.57. The molecule has 0 N–H and O–H groups in total. The third-order valence-electron chi connectivity index (χ3n) is 3.23. The molecule has 0 bridgehead atoms. The zero-order valence-electron chi connectivity index (χ0n) is 10.5. The van der Waals surface area contributed by atoms with E-state index in [1.54, 1.807) is 0 Å². The molecule has 0 saturated carbocycles. The van der Waals surface area contributed by atoms with Gasteiger partial charge in [-0.15, -0.1) is 23.2 Å². The summed E-state index contributed by atoms with van der Waals surface area (Å²) in [5.74, 6) is 0.807. The number of hydrogen-bond donors (Lipinski definition) is 0. The number of rotatable bonds is 2. The van der Waals surface area contributed by atoms with Gasteiger partial charge in [0.2, 0.25) is 0 Å². The summed E-state index contributed by atoms with van der Waals surface area (Å²) >= 11 is 11.7. The lowest BCUT2D eigenvalue weighted by atomic mass is 10.0. The summed E-state index contributed by atoms with van der Waals surface area (Å²) in [6.45, 7) is 2.08. The zero-order chi connectivity index (χ0) is 13.4. The van der Waals surface area contributed by atoms with E-state index >= 15 is 0 Å². The Morgan fingerprint density at radius 1 is 0.895 bits per heavy atom. The molecule has 0 aliphatic heterocycles. The minimum absolute atomic E-state index is 0.403. The zero-order valence-corrected chi connectivity index (χ0v) is 12.0. The van der Waals surface area contributed by atoms with Gasteiger partial charge in [0.15, 0.2) is 0 Å². The van der Waals surface area contributed by atoms with Crippen molar-refractivity contribution in [1.29, 1.82) is 0 Å². The molecule has 4 heteroatoms. The minimum atomic E-state index is 0.403. The van der Waals surface area contributed by atoms with Crippen LogP contribution in [-0.2, 0) is 11.8 Å². The molecule has 0 fully saturated rings. The number of aromatic nitrogens is 2. The Morgan fingerprint density at radius 2 is 1.53 bits per heavy atom. The first-order chi connectivity index (χ1) is 9.22. The maximum atomic E-state index is 5.87. The summed E-state index contributed by atoms with van der Waals surface area (Å²) in [7, 11) is 0. The average molecular weight is 291 g/mol. The molecule has 19 heavy (non-hydrogen) atoms. The van der Waals surface area contributed by atoms with Crippen LogP contribution in [0.2, 0.25) is 0 Å². The van der Waals surface area contributed by atoms with Gasteiger partial charge in [-0.2, -0.15) is 0 Å². The first-order valence-corrected chi connectivity index (χ1v) is 7.10. The molecule has 0 aliphatic carbocycles. The average Bonchev–Trinajstić information content (AvgIpc) is 2.46. The standard InChI is InChI=1S/C15H12Cl2N2/c1-9-6-10-2-3-11(7-16)18-14(10)15-13(9)5-4-12(8-17)19-15/h2-6H,7-8H2,1H3. The SMILES string of the molecule is Cc1cc2ccc(CCl)nc2c2nc(CCl)ccc12. The summed E-state index contributed by atoms with van der Waals surface area (Å²) in [4.78, 5) is 9.22. The van der Waals surface area contributed by atoms with Gasteiger partial charge in [0.05, 0.1) is 34.2 Å².